The molecule has 0 aromatic carbocycles. The summed E-state index contributed by atoms with van der Waals surface area (Å²) in [5, 5.41) is 35.0. The summed E-state index contributed by atoms with van der Waals surface area (Å²) in [4.78, 5) is 38.0. The van der Waals surface area contributed by atoms with E-state index in [1.807, 2.05) is 0 Å². The average molecular weight is 606 g/mol. The average Bonchev–Trinajstić information content (AvgIpc) is 3.17. The number of nitrogens with one attached hydrogen (secondary N) is 1. The smallest absolute Gasteiger partial charge is 0.407 e. The highest BCUT2D eigenvalue weighted by Gasteiger charge is 2.75. The lowest BCUT2D eigenvalue weighted by Gasteiger charge is -2.62. The van der Waals surface area contributed by atoms with Gasteiger partial charge >= 0.3 is 6.09 Å². The summed E-state index contributed by atoms with van der Waals surface area (Å²) >= 11 is 0. The molecule has 0 saturated heterocycles. The molecular formula is C34H52FNO7. The first kappa shape index (κ1) is 33.8. The van der Waals surface area contributed by atoms with E-state index >= 15 is 4.39 Å². The molecule has 0 aromatic rings. The molecule has 3 saturated carbocycles. The number of aliphatic hydroxyl groups is 3. The number of alkyl halides is 1. The monoisotopic (exact) mass is 605 g/mol. The van der Waals surface area contributed by atoms with Gasteiger partial charge in [-0.05, 0) is 69.4 Å². The summed E-state index contributed by atoms with van der Waals surface area (Å²) < 4.78 is 22.5. The fourth-order valence-corrected chi connectivity index (χ4v) is 9.10. The summed E-state index contributed by atoms with van der Waals surface area (Å²) in [5.74, 6) is -2.30. The molecule has 4 N–H and O–H groups in total. The summed E-state index contributed by atoms with van der Waals surface area (Å²) in [6.07, 6.45) is 13.0. The molecule has 4 aliphatic rings. The number of fused-ring (bicyclic) bond motifs is 5. The van der Waals surface area contributed by atoms with Gasteiger partial charge in [-0.2, -0.15) is 0 Å². The molecular weight excluding hydrogens is 553 g/mol. The minimum atomic E-state index is -2.04. The number of rotatable bonds is 14. The second kappa shape index (κ2) is 13.5. The number of ether oxygens (including phenoxy) is 1. The van der Waals surface area contributed by atoms with Crippen molar-refractivity contribution in [2.24, 2.45) is 28.6 Å². The predicted octanol–water partition coefficient (Wildman–Crippen LogP) is 5.13. The summed E-state index contributed by atoms with van der Waals surface area (Å²) in [6, 6.07) is 0. The van der Waals surface area contributed by atoms with Gasteiger partial charge in [0.1, 0.15) is 5.60 Å². The molecule has 8 atom stereocenters. The van der Waals surface area contributed by atoms with E-state index < -0.39 is 58.5 Å². The molecule has 4 aliphatic carbocycles. The second-order valence-corrected chi connectivity index (χ2v) is 14.0. The third-order valence-corrected chi connectivity index (χ3v) is 11.6. The van der Waals surface area contributed by atoms with Crippen LogP contribution in [-0.4, -0.2) is 70.1 Å². The number of carbonyl (C=O) groups is 3. The Kier molecular flexibility index (Phi) is 10.6. The fraction of sp³-hybridized carbons (Fsp3) is 0.794. The minimum Gasteiger partial charge on any atom is -0.441 e. The van der Waals surface area contributed by atoms with Gasteiger partial charge in [0.15, 0.2) is 18.1 Å². The third-order valence-electron chi connectivity index (χ3n) is 11.6. The van der Waals surface area contributed by atoms with E-state index in [4.69, 9.17) is 9.84 Å². The second-order valence-electron chi connectivity index (χ2n) is 14.0. The van der Waals surface area contributed by atoms with E-state index in [2.05, 4.69) is 5.32 Å². The van der Waals surface area contributed by atoms with Crippen LogP contribution in [0.2, 0.25) is 0 Å². The Morgan fingerprint density at radius 2 is 1.67 bits per heavy atom. The zero-order valence-electron chi connectivity index (χ0n) is 26.2. The van der Waals surface area contributed by atoms with Crippen molar-refractivity contribution in [3.63, 3.8) is 0 Å². The number of ketones is 2. The van der Waals surface area contributed by atoms with E-state index in [1.54, 1.807) is 26.8 Å². The van der Waals surface area contributed by atoms with E-state index in [9.17, 15) is 24.6 Å². The molecule has 3 fully saturated rings. The molecule has 0 aliphatic heterocycles. The molecule has 0 radical (unpaired) electrons. The van der Waals surface area contributed by atoms with Crippen LogP contribution in [0.3, 0.4) is 0 Å². The van der Waals surface area contributed by atoms with Crippen molar-refractivity contribution < 1.29 is 38.8 Å². The van der Waals surface area contributed by atoms with Crippen molar-refractivity contribution in [1.29, 1.82) is 0 Å². The van der Waals surface area contributed by atoms with Gasteiger partial charge in [-0.15, -0.1) is 0 Å². The summed E-state index contributed by atoms with van der Waals surface area (Å²) in [6.45, 7) is 5.39. The molecule has 0 aromatic heterocycles. The number of carbonyl (C=O) groups excluding carboxylic acids is 3. The Labute approximate surface area is 255 Å². The van der Waals surface area contributed by atoms with Crippen molar-refractivity contribution in [2.75, 3.05) is 19.8 Å². The number of allylic oxidation sites excluding steroid dienone is 4. The van der Waals surface area contributed by atoms with Gasteiger partial charge in [-0.3, -0.25) is 9.59 Å². The lowest BCUT2D eigenvalue weighted by molar-refractivity contribution is -0.219. The maximum Gasteiger partial charge on any atom is 0.407 e. The van der Waals surface area contributed by atoms with E-state index in [-0.39, 0.29) is 24.7 Å². The highest BCUT2D eigenvalue weighted by Crippen LogP contribution is 2.70. The number of unbranched alkanes of at least 4 members (excludes halogenated alkanes) is 8. The quantitative estimate of drug-likeness (QED) is 0.202. The number of hydrogen-bond acceptors (Lipinski definition) is 7. The van der Waals surface area contributed by atoms with Gasteiger partial charge < -0.3 is 25.4 Å². The largest absolute Gasteiger partial charge is 0.441 e. The highest BCUT2D eigenvalue weighted by atomic mass is 19.1. The molecule has 5 unspecified atom stereocenters. The molecule has 0 bridgehead atoms. The number of aliphatic hydroxyl groups excluding tert-OH is 2. The molecule has 43 heavy (non-hydrogen) atoms. The Morgan fingerprint density at radius 3 is 2.33 bits per heavy atom. The molecule has 8 nitrogen and oxygen atoms in total. The van der Waals surface area contributed by atoms with Crippen LogP contribution in [0.5, 0.6) is 0 Å². The van der Waals surface area contributed by atoms with Crippen molar-refractivity contribution >= 4 is 17.7 Å². The van der Waals surface area contributed by atoms with Crippen LogP contribution in [-0.2, 0) is 14.3 Å². The van der Waals surface area contributed by atoms with Gasteiger partial charge in [0.05, 0.1) is 6.10 Å². The third kappa shape index (κ3) is 5.98. The Balaban J connectivity index is 1.30. The number of hydrogen-bond donors (Lipinski definition) is 4. The topological polar surface area (TPSA) is 133 Å². The van der Waals surface area contributed by atoms with Gasteiger partial charge in [-0.25, -0.2) is 9.18 Å². The fourth-order valence-electron chi connectivity index (χ4n) is 9.10. The van der Waals surface area contributed by atoms with Crippen LogP contribution in [0.1, 0.15) is 104 Å². The van der Waals surface area contributed by atoms with Gasteiger partial charge in [0.2, 0.25) is 5.78 Å². The first-order valence-corrected chi connectivity index (χ1v) is 16.4. The number of Topliss-reactive ketones (excluding diaryl/α,β-unsaturated/α-hetero) is 1. The Bertz CT molecular complexity index is 1110. The highest BCUT2D eigenvalue weighted by molar-refractivity contribution is 6.01. The van der Waals surface area contributed by atoms with Crippen molar-refractivity contribution in [2.45, 2.75) is 122 Å². The first-order valence-electron chi connectivity index (χ1n) is 16.4. The first-order chi connectivity index (χ1) is 20.4. The maximum absolute atomic E-state index is 17.3. The molecule has 242 valence electrons. The van der Waals surface area contributed by atoms with Crippen LogP contribution in [0, 0.1) is 28.6 Å². The molecule has 1 amide bonds. The minimum absolute atomic E-state index is 0.114. The van der Waals surface area contributed by atoms with Crippen LogP contribution in [0.15, 0.2) is 23.8 Å². The lowest BCUT2D eigenvalue weighted by Crippen LogP contribution is -2.69. The van der Waals surface area contributed by atoms with Gasteiger partial charge in [0, 0.05) is 29.9 Å². The molecule has 9 heteroatoms. The van der Waals surface area contributed by atoms with Gasteiger partial charge in [0.25, 0.3) is 0 Å². The molecule has 0 spiro atoms. The van der Waals surface area contributed by atoms with Crippen molar-refractivity contribution in [3.8, 4) is 0 Å². The van der Waals surface area contributed by atoms with Crippen LogP contribution in [0.4, 0.5) is 9.18 Å². The maximum atomic E-state index is 17.3. The van der Waals surface area contributed by atoms with Crippen molar-refractivity contribution in [3.05, 3.63) is 23.8 Å². The number of amides is 1. The van der Waals surface area contributed by atoms with E-state index in [1.165, 1.54) is 25.0 Å². The zero-order chi connectivity index (χ0) is 31.5. The van der Waals surface area contributed by atoms with E-state index in [0.717, 1.165) is 44.9 Å². The summed E-state index contributed by atoms with van der Waals surface area (Å²) in [7, 11) is 0. The van der Waals surface area contributed by atoms with Crippen LogP contribution >= 0.6 is 0 Å². The Morgan fingerprint density at radius 1 is 1.05 bits per heavy atom. The summed E-state index contributed by atoms with van der Waals surface area (Å²) in [5.41, 5.74) is -5.48. The SMILES string of the molecule is C[C@@H]1CC2C3CCC4=CC(=O)C=CC4(C)[C@@]3(F)C(O)CC2(C)[C@@]1(O)C(=O)COC(=O)NCCCCCCCCCCCO. The van der Waals surface area contributed by atoms with E-state index in [0.29, 0.717) is 31.4 Å². The number of alkyl carbamates (subject to hydrolysis) is 1. The van der Waals surface area contributed by atoms with Crippen molar-refractivity contribution in [1.82, 2.24) is 5.32 Å². The predicted molar refractivity (Wildman–Crippen MR) is 161 cm³/mol. The molecule has 4 rings (SSSR count). The van der Waals surface area contributed by atoms with Crippen LogP contribution in [0.25, 0.3) is 0 Å². The normalized spacial score (nSPS) is 38.1. The number of halogens is 1. The van der Waals surface area contributed by atoms with Crippen LogP contribution < -0.4 is 5.32 Å². The standard InChI is InChI=1S/C34H52FNO7/c1-23-19-27-26-14-13-24-20-25(38)15-16-31(24,2)33(26,35)28(39)21-32(27,3)34(23,42)29(40)22-43-30(41)36-17-11-9-7-5-4-6-8-10-12-18-37/h15-16,20,23,26-28,37,39,42H,4-14,17-19,21-22H2,1-3H3,(H,36,41)/t23-,26?,27?,28?,31?,32?,33+,34+/m1/s1. The van der Waals surface area contributed by atoms with Gasteiger partial charge in [-0.1, -0.05) is 70.4 Å². The lowest BCUT2D eigenvalue weighted by atomic mass is 9.44. The zero-order valence-corrected chi connectivity index (χ0v) is 26.2. The molecule has 0 heterocycles. The Hall–Kier alpha value is -2.10.